The van der Waals surface area contributed by atoms with Crippen LogP contribution in [0.15, 0.2) is 12.5 Å². The molecule has 4 rings (SSSR count). The van der Waals surface area contributed by atoms with E-state index in [1.54, 1.807) is 17.1 Å². The Kier molecular flexibility index (Phi) is 5.48. The van der Waals surface area contributed by atoms with Gasteiger partial charge in [-0.25, -0.2) is 4.98 Å². The van der Waals surface area contributed by atoms with Gasteiger partial charge in [0.15, 0.2) is 0 Å². The van der Waals surface area contributed by atoms with Crippen LogP contribution in [0.4, 0.5) is 0 Å². The number of nitrogens with zero attached hydrogens (tertiary/aromatic N) is 5. The summed E-state index contributed by atoms with van der Waals surface area (Å²) < 4.78 is 1.76. The summed E-state index contributed by atoms with van der Waals surface area (Å²) in [5.74, 6) is 0.562. The lowest BCUT2D eigenvalue weighted by atomic mass is 10.1. The molecule has 1 saturated carbocycles. The predicted octanol–water partition coefficient (Wildman–Crippen LogP) is 1.36. The summed E-state index contributed by atoms with van der Waals surface area (Å²) in [4.78, 5) is 36.2. The van der Waals surface area contributed by atoms with E-state index >= 15 is 0 Å². The van der Waals surface area contributed by atoms with Crippen molar-refractivity contribution in [1.29, 1.82) is 0 Å². The lowest BCUT2D eigenvalue weighted by Crippen LogP contribution is -2.47. The average molecular weight is 374 g/mol. The third-order valence-corrected chi connectivity index (χ3v) is 6.24. The molecule has 7 nitrogen and oxygen atoms in total. The van der Waals surface area contributed by atoms with E-state index in [9.17, 15) is 9.59 Å². The Balaban J connectivity index is 1.38. The molecule has 0 spiro atoms. The van der Waals surface area contributed by atoms with Crippen LogP contribution in [0.25, 0.3) is 0 Å². The first-order valence-corrected chi connectivity index (χ1v) is 10.4. The second-order valence-corrected chi connectivity index (χ2v) is 8.29. The molecule has 1 unspecified atom stereocenters. The van der Waals surface area contributed by atoms with Crippen LogP contribution >= 0.6 is 0 Å². The van der Waals surface area contributed by atoms with Crippen LogP contribution in [-0.4, -0.2) is 81.4 Å². The van der Waals surface area contributed by atoms with E-state index in [-0.39, 0.29) is 17.9 Å². The summed E-state index contributed by atoms with van der Waals surface area (Å²) in [5, 5.41) is 0. The van der Waals surface area contributed by atoms with Gasteiger partial charge in [0.2, 0.25) is 5.91 Å². The van der Waals surface area contributed by atoms with Crippen LogP contribution in [0.2, 0.25) is 0 Å². The number of hydrogen-bond donors (Lipinski definition) is 0. The van der Waals surface area contributed by atoms with Crippen molar-refractivity contribution in [1.82, 2.24) is 24.3 Å². The molecule has 2 aliphatic heterocycles. The molecule has 2 saturated heterocycles. The van der Waals surface area contributed by atoms with Crippen molar-refractivity contribution in [3.8, 4) is 0 Å². The van der Waals surface area contributed by atoms with Gasteiger partial charge in [0, 0.05) is 39.1 Å². The fraction of sp³-hybridized carbons (Fsp3) is 0.750. The lowest BCUT2D eigenvalue weighted by Gasteiger charge is -2.33. The number of carbonyl (C=O) groups is 2. The molecule has 148 valence electrons. The van der Waals surface area contributed by atoms with Crippen molar-refractivity contribution < 1.29 is 9.59 Å². The summed E-state index contributed by atoms with van der Waals surface area (Å²) in [6.45, 7) is 5.43. The highest BCUT2D eigenvalue weighted by molar-refractivity contribution is 5.92. The topological polar surface area (TPSA) is 61.7 Å². The number of piperidine rings is 1. The molecule has 27 heavy (non-hydrogen) atoms. The first-order valence-electron chi connectivity index (χ1n) is 10.4. The molecule has 3 heterocycles. The minimum Gasteiger partial charge on any atom is -0.336 e. The van der Waals surface area contributed by atoms with Crippen molar-refractivity contribution in [3.63, 3.8) is 0 Å². The molecule has 3 aliphatic rings. The predicted molar refractivity (Wildman–Crippen MR) is 102 cm³/mol. The Bertz CT molecular complexity index is 678. The second kappa shape index (κ2) is 8.00. The molecular weight excluding hydrogens is 342 g/mol. The molecule has 0 radical (unpaired) electrons. The van der Waals surface area contributed by atoms with Gasteiger partial charge in [0.05, 0.1) is 18.6 Å². The Hall–Kier alpha value is -1.89. The molecule has 1 aromatic rings. The van der Waals surface area contributed by atoms with Gasteiger partial charge in [-0.15, -0.1) is 0 Å². The van der Waals surface area contributed by atoms with Crippen molar-refractivity contribution in [3.05, 3.63) is 18.2 Å². The largest absolute Gasteiger partial charge is 0.336 e. The van der Waals surface area contributed by atoms with Crippen molar-refractivity contribution in [2.45, 2.75) is 44.6 Å². The second-order valence-electron chi connectivity index (χ2n) is 8.29. The number of rotatable bonds is 6. The quantitative estimate of drug-likeness (QED) is 0.755. The number of imidazole rings is 1. The van der Waals surface area contributed by atoms with Gasteiger partial charge in [0.25, 0.3) is 5.91 Å². The third kappa shape index (κ3) is 4.18. The number of aromatic nitrogens is 2. The summed E-state index contributed by atoms with van der Waals surface area (Å²) >= 11 is 0. The number of hydrogen-bond acceptors (Lipinski definition) is 4. The molecule has 2 amide bonds. The molecule has 0 bridgehead atoms. The Morgan fingerprint density at radius 3 is 2.59 bits per heavy atom. The maximum atomic E-state index is 12.9. The molecule has 1 aromatic heterocycles. The molecule has 1 atom stereocenters. The maximum absolute atomic E-state index is 12.9. The fourth-order valence-electron chi connectivity index (χ4n) is 4.38. The first kappa shape index (κ1) is 18.5. The molecule has 0 N–H and O–H groups in total. The van der Waals surface area contributed by atoms with Gasteiger partial charge < -0.3 is 19.3 Å². The van der Waals surface area contributed by atoms with Gasteiger partial charge in [-0.05, 0) is 45.2 Å². The fourth-order valence-corrected chi connectivity index (χ4v) is 4.38. The summed E-state index contributed by atoms with van der Waals surface area (Å²) in [7, 11) is 1.84. The zero-order valence-corrected chi connectivity index (χ0v) is 16.3. The highest BCUT2D eigenvalue weighted by Gasteiger charge is 2.39. The zero-order chi connectivity index (χ0) is 18.8. The summed E-state index contributed by atoms with van der Waals surface area (Å²) in [6, 6.07) is 0.153. The molecule has 7 heteroatoms. The highest BCUT2D eigenvalue weighted by atomic mass is 16.2. The maximum Gasteiger partial charge on any atom is 0.272 e. The van der Waals surface area contributed by atoms with E-state index in [1.807, 2.05) is 11.9 Å². The van der Waals surface area contributed by atoms with Crippen LogP contribution < -0.4 is 0 Å². The average Bonchev–Trinajstić information content (AvgIpc) is 3.27. The smallest absolute Gasteiger partial charge is 0.272 e. The Morgan fingerprint density at radius 2 is 1.93 bits per heavy atom. The van der Waals surface area contributed by atoms with E-state index in [4.69, 9.17) is 0 Å². The van der Waals surface area contributed by atoms with Crippen LogP contribution in [-0.2, 0) is 11.8 Å². The lowest BCUT2D eigenvalue weighted by molar-refractivity contribution is -0.135. The monoisotopic (exact) mass is 373 g/mol. The Labute approximate surface area is 161 Å². The standard InChI is InChI=1S/C20H31N5O2/c1-22-15-21-13-18(22)20(27)24-10-7-17(14-24)25(19(26)16-5-6-16)12-11-23-8-3-2-4-9-23/h13,15-17H,2-12,14H2,1H3. The summed E-state index contributed by atoms with van der Waals surface area (Å²) in [6.07, 6.45) is 10.1. The van der Waals surface area contributed by atoms with Crippen molar-refractivity contribution in [2.24, 2.45) is 13.0 Å². The Morgan fingerprint density at radius 1 is 1.15 bits per heavy atom. The van der Waals surface area contributed by atoms with Crippen molar-refractivity contribution >= 4 is 11.8 Å². The van der Waals surface area contributed by atoms with Gasteiger partial charge in [-0.2, -0.15) is 0 Å². The van der Waals surface area contributed by atoms with E-state index < -0.39 is 0 Å². The van der Waals surface area contributed by atoms with E-state index in [0.717, 1.165) is 45.4 Å². The summed E-state index contributed by atoms with van der Waals surface area (Å²) in [5.41, 5.74) is 0.615. The molecule has 1 aliphatic carbocycles. The van der Waals surface area contributed by atoms with Crippen LogP contribution in [0.5, 0.6) is 0 Å². The number of aryl methyl sites for hydroxylation is 1. The van der Waals surface area contributed by atoms with Gasteiger partial charge >= 0.3 is 0 Å². The molecule has 0 aromatic carbocycles. The minimum atomic E-state index is 0.0207. The number of amides is 2. The molecular formula is C20H31N5O2. The van der Waals surface area contributed by atoms with Crippen LogP contribution in [0, 0.1) is 5.92 Å². The normalized spacial score (nSPS) is 23.6. The SMILES string of the molecule is Cn1cncc1C(=O)N1CCC(N(CCN2CCCCC2)C(=O)C2CC2)C1. The third-order valence-electron chi connectivity index (χ3n) is 6.24. The van der Waals surface area contributed by atoms with Crippen LogP contribution in [0.3, 0.4) is 0 Å². The highest BCUT2D eigenvalue weighted by Crippen LogP contribution is 2.33. The van der Waals surface area contributed by atoms with Gasteiger partial charge in [-0.3, -0.25) is 9.59 Å². The number of likely N-dealkylation sites (tertiary alicyclic amines) is 2. The van der Waals surface area contributed by atoms with E-state index in [2.05, 4.69) is 14.8 Å². The first-order chi connectivity index (χ1) is 13.1. The molecule has 3 fully saturated rings. The van der Waals surface area contributed by atoms with Gasteiger partial charge in [-0.1, -0.05) is 6.42 Å². The van der Waals surface area contributed by atoms with Crippen LogP contribution in [0.1, 0.15) is 49.0 Å². The number of carbonyl (C=O) groups excluding carboxylic acids is 2. The van der Waals surface area contributed by atoms with E-state index in [1.165, 1.54) is 19.3 Å². The zero-order valence-electron chi connectivity index (χ0n) is 16.3. The van der Waals surface area contributed by atoms with Crippen molar-refractivity contribution in [2.75, 3.05) is 39.3 Å². The van der Waals surface area contributed by atoms with Gasteiger partial charge in [0.1, 0.15) is 5.69 Å². The minimum absolute atomic E-state index is 0.0207. The van der Waals surface area contributed by atoms with E-state index in [0.29, 0.717) is 24.7 Å².